The average Bonchev–Trinajstić information content (AvgIpc) is 2.45. The van der Waals surface area contributed by atoms with Crippen LogP contribution in [0.2, 0.25) is 0 Å². The second-order valence-electron chi connectivity index (χ2n) is 4.12. The standard InChI is InChI=1S/C10H8.C5H8O6/c1-2-6-10-8-4-3-7-9(10)5-1;1-3(11-5(8)9)2-10-4(6)7/h1-8H;3H,2H2,1H3,(H,6,7)(H,8,9). The molecule has 21 heavy (non-hydrogen) atoms. The van der Waals surface area contributed by atoms with Gasteiger partial charge in [0.1, 0.15) is 12.7 Å². The quantitative estimate of drug-likeness (QED) is 0.839. The third-order valence-electron chi connectivity index (χ3n) is 2.40. The highest BCUT2D eigenvalue weighted by molar-refractivity contribution is 5.82. The van der Waals surface area contributed by atoms with Gasteiger partial charge in [0.2, 0.25) is 0 Å². The maximum atomic E-state index is 9.83. The molecular formula is C15H16O6. The summed E-state index contributed by atoms with van der Waals surface area (Å²) >= 11 is 0. The number of hydrogen-bond acceptors (Lipinski definition) is 4. The molecular weight excluding hydrogens is 276 g/mol. The van der Waals surface area contributed by atoms with E-state index in [1.807, 2.05) is 0 Å². The van der Waals surface area contributed by atoms with Crippen LogP contribution in [0.5, 0.6) is 0 Å². The van der Waals surface area contributed by atoms with Crippen molar-refractivity contribution >= 4 is 23.1 Å². The summed E-state index contributed by atoms with van der Waals surface area (Å²) in [6.07, 6.45) is -3.68. The highest BCUT2D eigenvalue weighted by Gasteiger charge is 2.09. The van der Waals surface area contributed by atoms with Crippen LogP contribution in [0.1, 0.15) is 6.92 Å². The van der Waals surface area contributed by atoms with E-state index < -0.39 is 18.4 Å². The summed E-state index contributed by atoms with van der Waals surface area (Å²) in [5, 5.41) is 18.6. The first-order chi connectivity index (χ1) is 9.99. The lowest BCUT2D eigenvalue weighted by Crippen LogP contribution is -2.20. The normalized spacial score (nSPS) is 10.9. The van der Waals surface area contributed by atoms with Crippen molar-refractivity contribution in [2.75, 3.05) is 6.61 Å². The van der Waals surface area contributed by atoms with Crippen LogP contribution in [0.15, 0.2) is 48.5 Å². The average molecular weight is 292 g/mol. The van der Waals surface area contributed by atoms with Crippen molar-refractivity contribution in [3.05, 3.63) is 48.5 Å². The molecule has 0 aliphatic rings. The summed E-state index contributed by atoms with van der Waals surface area (Å²) in [5.41, 5.74) is 0. The first-order valence-corrected chi connectivity index (χ1v) is 6.18. The Hall–Kier alpha value is -2.76. The zero-order valence-corrected chi connectivity index (χ0v) is 11.4. The van der Waals surface area contributed by atoms with E-state index in [4.69, 9.17) is 10.2 Å². The van der Waals surface area contributed by atoms with Gasteiger partial charge in [-0.05, 0) is 17.7 Å². The van der Waals surface area contributed by atoms with E-state index in [2.05, 4.69) is 58.0 Å². The van der Waals surface area contributed by atoms with Crippen LogP contribution < -0.4 is 0 Å². The molecule has 2 N–H and O–H groups in total. The molecule has 0 spiro atoms. The Morgan fingerprint density at radius 1 is 0.952 bits per heavy atom. The zero-order valence-electron chi connectivity index (χ0n) is 11.4. The van der Waals surface area contributed by atoms with Crippen LogP contribution in [0, 0.1) is 0 Å². The summed E-state index contributed by atoms with van der Waals surface area (Å²) in [6.45, 7) is 1.10. The molecule has 2 aromatic rings. The van der Waals surface area contributed by atoms with Crippen LogP contribution >= 0.6 is 0 Å². The van der Waals surface area contributed by atoms with E-state index in [1.54, 1.807) is 0 Å². The third-order valence-corrected chi connectivity index (χ3v) is 2.40. The molecule has 1 unspecified atom stereocenters. The SMILES string of the molecule is CC(COC(=O)O)OC(=O)O.c1ccc2ccccc2c1. The predicted molar refractivity (Wildman–Crippen MR) is 76.5 cm³/mol. The second kappa shape index (κ2) is 8.42. The molecule has 0 bridgehead atoms. The van der Waals surface area contributed by atoms with Gasteiger partial charge in [-0.15, -0.1) is 0 Å². The fourth-order valence-corrected chi connectivity index (χ4v) is 1.53. The molecule has 0 saturated heterocycles. The molecule has 1 atom stereocenters. The van der Waals surface area contributed by atoms with Gasteiger partial charge in [-0.2, -0.15) is 0 Å². The topological polar surface area (TPSA) is 93.1 Å². The van der Waals surface area contributed by atoms with Gasteiger partial charge in [0.05, 0.1) is 0 Å². The third kappa shape index (κ3) is 6.81. The van der Waals surface area contributed by atoms with Crippen LogP contribution in [0.4, 0.5) is 9.59 Å². The van der Waals surface area contributed by atoms with Crippen LogP contribution in [0.3, 0.4) is 0 Å². The first kappa shape index (κ1) is 16.3. The van der Waals surface area contributed by atoms with E-state index >= 15 is 0 Å². The van der Waals surface area contributed by atoms with Crippen LogP contribution in [-0.2, 0) is 9.47 Å². The Labute approximate surface area is 121 Å². The van der Waals surface area contributed by atoms with Crippen LogP contribution in [0.25, 0.3) is 10.8 Å². The smallest absolute Gasteiger partial charge is 0.450 e. The van der Waals surface area contributed by atoms with Crippen molar-refractivity contribution < 1.29 is 29.3 Å². The summed E-state index contributed by atoms with van der Waals surface area (Å²) in [4.78, 5) is 19.6. The minimum Gasteiger partial charge on any atom is -0.450 e. The number of hydrogen-bond donors (Lipinski definition) is 2. The predicted octanol–water partition coefficient (Wildman–Crippen LogP) is 3.60. The van der Waals surface area contributed by atoms with Gasteiger partial charge in [-0.3, -0.25) is 0 Å². The van der Waals surface area contributed by atoms with Crippen LogP contribution in [-0.4, -0.2) is 35.2 Å². The molecule has 6 heteroatoms. The Bertz CT molecular complexity index is 530. The largest absolute Gasteiger partial charge is 0.506 e. The molecule has 112 valence electrons. The van der Waals surface area contributed by atoms with Crippen molar-refractivity contribution in [1.82, 2.24) is 0 Å². The Morgan fingerprint density at radius 3 is 1.71 bits per heavy atom. The van der Waals surface area contributed by atoms with Gasteiger partial charge < -0.3 is 19.7 Å². The second-order valence-corrected chi connectivity index (χ2v) is 4.12. The Morgan fingerprint density at radius 2 is 1.38 bits per heavy atom. The van der Waals surface area contributed by atoms with Crippen molar-refractivity contribution in [1.29, 1.82) is 0 Å². The molecule has 0 amide bonds. The van der Waals surface area contributed by atoms with E-state index in [-0.39, 0.29) is 6.61 Å². The van der Waals surface area contributed by atoms with E-state index in [0.717, 1.165) is 0 Å². The summed E-state index contributed by atoms with van der Waals surface area (Å²) in [5.74, 6) is 0. The fourth-order valence-electron chi connectivity index (χ4n) is 1.53. The molecule has 0 aromatic heterocycles. The van der Waals surface area contributed by atoms with Crippen molar-refractivity contribution in [3.8, 4) is 0 Å². The minimum absolute atomic E-state index is 0.290. The van der Waals surface area contributed by atoms with Crippen molar-refractivity contribution in [3.63, 3.8) is 0 Å². The van der Waals surface area contributed by atoms with Gasteiger partial charge in [0, 0.05) is 0 Å². The van der Waals surface area contributed by atoms with Gasteiger partial charge in [0.25, 0.3) is 0 Å². The maximum Gasteiger partial charge on any atom is 0.506 e. The lowest BCUT2D eigenvalue weighted by atomic mass is 10.1. The van der Waals surface area contributed by atoms with Gasteiger partial charge in [0.15, 0.2) is 0 Å². The molecule has 6 nitrogen and oxygen atoms in total. The number of fused-ring (bicyclic) bond motifs is 1. The van der Waals surface area contributed by atoms with E-state index in [9.17, 15) is 9.59 Å². The zero-order chi connectivity index (χ0) is 15.7. The molecule has 2 rings (SSSR count). The van der Waals surface area contributed by atoms with Gasteiger partial charge in [-0.25, -0.2) is 9.59 Å². The molecule has 0 fully saturated rings. The first-order valence-electron chi connectivity index (χ1n) is 6.18. The summed E-state index contributed by atoms with van der Waals surface area (Å²) in [7, 11) is 0. The minimum atomic E-state index is -1.45. The lowest BCUT2D eigenvalue weighted by molar-refractivity contribution is 0.0122. The maximum absolute atomic E-state index is 9.83. The summed E-state index contributed by atoms with van der Waals surface area (Å²) < 4.78 is 8.16. The number of rotatable bonds is 3. The Kier molecular flexibility index (Phi) is 6.53. The lowest BCUT2D eigenvalue weighted by Gasteiger charge is -2.08. The highest BCUT2D eigenvalue weighted by Crippen LogP contribution is 2.11. The molecule has 0 aliphatic heterocycles. The van der Waals surface area contributed by atoms with Gasteiger partial charge >= 0.3 is 12.3 Å². The molecule has 0 aliphatic carbocycles. The molecule has 0 heterocycles. The number of benzene rings is 2. The van der Waals surface area contributed by atoms with Gasteiger partial charge in [-0.1, -0.05) is 48.5 Å². The number of ether oxygens (including phenoxy) is 2. The fraction of sp³-hybridized carbons (Fsp3) is 0.200. The number of carboxylic acid groups (broad SMARTS) is 2. The van der Waals surface area contributed by atoms with Crippen molar-refractivity contribution in [2.45, 2.75) is 13.0 Å². The molecule has 2 aromatic carbocycles. The number of carbonyl (C=O) groups is 2. The van der Waals surface area contributed by atoms with E-state index in [1.165, 1.54) is 17.7 Å². The highest BCUT2D eigenvalue weighted by atomic mass is 16.7. The monoisotopic (exact) mass is 292 g/mol. The Balaban J connectivity index is 0.000000210. The van der Waals surface area contributed by atoms with Crippen molar-refractivity contribution in [2.24, 2.45) is 0 Å². The summed E-state index contributed by atoms with van der Waals surface area (Å²) in [6, 6.07) is 16.7. The van der Waals surface area contributed by atoms with E-state index in [0.29, 0.717) is 0 Å². The molecule has 0 saturated carbocycles. The molecule has 0 radical (unpaired) electrons.